The van der Waals surface area contributed by atoms with E-state index in [-0.39, 0.29) is 0 Å². The summed E-state index contributed by atoms with van der Waals surface area (Å²) in [5, 5.41) is 3.87. The first-order chi connectivity index (χ1) is 10.2. The molecule has 1 aromatic heterocycles. The molecule has 0 unspecified atom stereocenters. The molecule has 0 saturated heterocycles. The summed E-state index contributed by atoms with van der Waals surface area (Å²) in [6.45, 7) is 4.13. The number of oxazole rings is 1. The van der Waals surface area contributed by atoms with Gasteiger partial charge in [-0.3, -0.25) is 0 Å². The van der Waals surface area contributed by atoms with Crippen molar-refractivity contribution in [3.8, 4) is 23.1 Å². The van der Waals surface area contributed by atoms with Crippen molar-refractivity contribution in [2.24, 2.45) is 5.16 Å². The Labute approximate surface area is 123 Å². The van der Waals surface area contributed by atoms with E-state index in [2.05, 4.69) is 10.1 Å². The quantitative estimate of drug-likeness (QED) is 0.604. The maximum Gasteiger partial charge on any atom is 0.315 e. The van der Waals surface area contributed by atoms with Gasteiger partial charge in [0.05, 0.1) is 13.7 Å². The van der Waals surface area contributed by atoms with E-state index in [0.29, 0.717) is 29.8 Å². The number of nitrogens with zero attached hydrogens (tertiary/aromatic N) is 2. The lowest BCUT2D eigenvalue weighted by atomic mass is 10.2. The van der Waals surface area contributed by atoms with Gasteiger partial charge < -0.3 is 18.7 Å². The molecule has 0 bridgehead atoms. The highest BCUT2D eigenvalue weighted by Gasteiger charge is 2.18. The molecule has 6 heteroatoms. The van der Waals surface area contributed by atoms with E-state index in [4.69, 9.17) is 18.7 Å². The lowest BCUT2D eigenvalue weighted by Gasteiger charge is -2.00. The summed E-state index contributed by atoms with van der Waals surface area (Å²) < 4.78 is 16.3. The van der Waals surface area contributed by atoms with Crippen LogP contribution < -0.4 is 9.47 Å². The fourth-order valence-electron chi connectivity index (χ4n) is 1.80. The summed E-state index contributed by atoms with van der Waals surface area (Å²) in [7, 11) is 3.10. The number of benzene rings is 1. The molecule has 2 aromatic rings. The molecule has 2 rings (SSSR count). The first-order valence-corrected chi connectivity index (χ1v) is 6.55. The van der Waals surface area contributed by atoms with E-state index in [1.807, 2.05) is 31.2 Å². The molecule has 0 aliphatic carbocycles. The molecule has 0 aliphatic heterocycles. The Morgan fingerprint density at radius 2 is 1.95 bits per heavy atom. The highest BCUT2D eigenvalue weighted by atomic mass is 16.6. The SMILES string of the molecule is CCOc1oc(-c2ccc(OC)cc2)nc1/C(C)=N/OC. The van der Waals surface area contributed by atoms with E-state index >= 15 is 0 Å². The minimum Gasteiger partial charge on any atom is -0.497 e. The van der Waals surface area contributed by atoms with Gasteiger partial charge in [0.25, 0.3) is 0 Å². The largest absolute Gasteiger partial charge is 0.497 e. The topological polar surface area (TPSA) is 66.1 Å². The van der Waals surface area contributed by atoms with Crippen LogP contribution in [0.25, 0.3) is 11.5 Å². The zero-order valence-electron chi connectivity index (χ0n) is 12.5. The minimum absolute atomic E-state index is 0.335. The maximum atomic E-state index is 5.67. The summed E-state index contributed by atoms with van der Waals surface area (Å²) in [5.41, 5.74) is 1.95. The third-order valence-corrected chi connectivity index (χ3v) is 2.78. The lowest BCUT2D eigenvalue weighted by Crippen LogP contribution is -2.01. The van der Waals surface area contributed by atoms with Gasteiger partial charge in [0, 0.05) is 5.56 Å². The first kappa shape index (κ1) is 14.9. The van der Waals surface area contributed by atoms with Gasteiger partial charge in [0.1, 0.15) is 18.6 Å². The van der Waals surface area contributed by atoms with Crippen LogP contribution in [0.5, 0.6) is 11.7 Å². The molecule has 0 fully saturated rings. The van der Waals surface area contributed by atoms with Crippen LogP contribution in [0.2, 0.25) is 0 Å². The molecule has 0 aliphatic rings. The first-order valence-electron chi connectivity index (χ1n) is 6.55. The summed E-state index contributed by atoms with van der Waals surface area (Å²) in [6.07, 6.45) is 0. The summed E-state index contributed by atoms with van der Waals surface area (Å²) in [4.78, 5) is 9.20. The number of ether oxygens (including phenoxy) is 2. The zero-order valence-corrected chi connectivity index (χ0v) is 12.5. The van der Waals surface area contributed by atoms with E-state index in [1.54, 1.807) is 14.0 Å². The van der Waals surface area contributed by atoms with Crippen LogP contribution in [0.1, 0.15) is 19.5 Å². The number of hydrogen-bond donors (Lipinski definition) is 0. The average Bonchev–Trinajstić information content (AvgIpc) is 2.92. The third-order valence-electron chi connectivity index (χ3n) is 2.78. The van der Waals surface area contributed by atoms with E-state index < -0.39 is 0 Å². The highest BCUT2D eigenvalue weighted by Crippen LogP contribution is 2.29. The molecule has 0 radical (unpaired) electrons. The summed E-state index contributed by atoms with van der Waals surface area (Å²) in [6, 6.07) is 7.42. The van der Waals surface area contributed by atoms with Crippen molar-refractivity contribution in [3.63, 3.8) is 0 Å². The van der Waals surface area contributed by atoms with Crippen LogP contribution in [0.15, 0.2) is 33.8 Å². The van der Waals surface area contributed by atoms with Gasteiger partial charge in [0.2, 0.25) is 5.89 Å². The standard InChI is InChI=1S/C15H18N2O4/c1-5-20-15-13(10(2)17-19-4)16-14(21-15)11-6-8-12(18-3)9-7-11/h6-9H,5H2,1-4H3/b17-10+. The Morgan fingerprint density at radius 3 is 2.52 bits per heavy atom. The summed E-state index contributed by atoms with van der Waals surface area (Å²) >= 11 is 0. The molecule has 6 nitrogen and oxygen atoms in total. The predicted octanol–water partition coefficient (Wildman–Crippen LogP) is 3.12. The zero-order chi connectivity index (χ0) is 15.2. The number of aromatic nitrogens is 1. The van der Waals surface area contributed by atoms with Gasteiger partial charge >= 0.3 is 5.95 Å². The van der Waals surface area contributed by atoms with Gasteiger partial charge in [0.15, 0.2) is 5.69 Å². The van der Waals surface area contributed by atoms with Crippen LogP contribution in [-0.4, -0.2) is 31.5 Å². The Hall–Kier alpha value is -2.50. The molecular formula is C15H18N2O4. The Morgan fingerprint density at radius 1 is 1.24 bits per heavy atom. The van der Waals surface area contributed by atoms with Gasteiger partial charge in [-0.05, 0) is 38.1 Å². The number of hydrogen-bond acceptors (Lipinski definition) is 6. The summed E-state index contributed by atoms with van der Waals surface area (Å²) in [5.74, 6) is 1.57. The van der Waals surface area contributed by atoms with Crippen molar-refractivity contribution >= 4 is 5.71 Å². The van der Waals surface area contributed by atoms with Gasteiger partial charge in [-0.2, -0.15) is 0 Å². The van der Waals surface area contributed by atoms with Gasteiger partial charge in [-0.25, -0.2) is 4.98 Å². The fraction of sp³-hybridized carbons (Fsp3) is 0.333. The van der Waals surface area contributed by atoms with Crippen molar-refractivity contribution in [2.45, 2.75) is 13.8 Å². The molecule has 21 heavy (non-hydrogen) atoms. The van der Waals surface area contributed by atoms with Crippen LogP contribution in [-0.2, 0) is 4.84 Å². The van der Waals surface area contributed by atoms with Gasteiger partial charge in [-0.15, -0.1) is 0 Å². The predicted molar refractivity (Wildman–Crippen MR) is 78.9 cm³/mol. The van der Waals surface area contributed by atoms with Gasteiger partial charge in [-0.1, -0.05) is 5.16 Å². The second kappa shape index (κ2) is 6.78. The second-order valence-electron chi connectivity index (χ2n) is 4.18. The monoisotopic (exact) mass is 290 g/mol. The van der Waals surface area contributed by atoms with Crippen LogP contribution in [0, 0.1) is 0 Å². The molecule has 0 saturated carbocycles. The highest BCUT2D eigenvalue weighted by molar-refractivity contribution is 5.98. The average molecular weight is 290 g/mol. The number of oxime groups is 1. The third kappa shape index (κ3) is 3.34. The fourth-order valence-corrected chi connectivity index (χ4v) is 1.80. The number of methoxy groups -OCH3 is 1. The van der Waals surface area contributed by atoms with Crippen LogP contribution in [0.3, 0.4) is 0 Å². The van der Waals surface area contributed by atoms with Crippen LogP contribution >= 0.6 is 0 Å². The van der Waals surface area contributed by atoms with Crippen molar-refractivity contribution in [3.05, 3.63) is 30.0 Å². The Bertz CT molecular complexity index is 617. The molecule has 1 aromatic carbocycles. The maximum absolute atomic E-state index is 5.67. The van der Waals surface area contributed by atoms with Crippen molar-refractivity contribution in [2.75, 3.05) is 20.8 Å². The molecular weight excluding hydrogens is 272 g/mol. The molecule has 0 spiro atoms. The van der Waals surface area contributed by atoms with Crippen LogP contribution in [0.4, 0.5) is 0 Å². The smallest absolute Gasteiger partial charge is 0.315 e. The second-order valence-corrected chi connectivity index (χ2v) is 4.18. The Balaban J connectivity index is 2.40. The lowest BCUT2D eigenvalue weighted by molar-refractivity contribution is 0.213. The molecule has 0 atom stereocenters. The molecule has 112 valence electrons. The van der Waals surface area contributed by atoms with E-state index in [9.17, 15) is 0 Å². The molecule has 0 N–H and O–H groups in total. The van der Waals surface area contributed by atoms with Crippen molar-refractivity contribution in [1.82, 2.24) is 4.98 Å². The Kier molecular flexibility index (Phi) is 4.81. The number of rotatable bonds is 6. The normalized spacial score (nSPS) is 11.3. The van der Waals surface area contributed by atoms with Crippen molar-refractivity contribution < 1.29 is 18.7 Å². The molecule has 1 heterocycles. The molecule has 0 amide bonds. The van der Waals surface area contributed by atoms with E-state index in [1.165, 1.54) is 7.11 Å². The minimum atomic E-state index is 0.335. The van der Waals surface area contributed by atoms with E-state index in [0.717, 1.165) is 11.3 Å². The van der Waals surface area contributed by atoms with Crippen molar-refractivity contribution in [1.29, 1.82) is 0 Å².